The smallest absolute Gasteiger partial charge is 0.319 e. The number of hydrogen-bond donors (Lipinski definition) is 2. The Bertz CT molecular complexity index is 1660. The van der Waals surface area contributed by atoms with E-state index < -0.39 is 58.4 Å². The van der Waals surface area contributed by atoms with Crippen LogP contribution in [0.2, 0.25) is 0 Å². The predicted octanol–water partition coefficient (Wildman–Crippen LogP) is 5.09. The van der Waals surface area contributed by atoms with Crippen LogP contribution in [0.5, 0.6) is 11.9 Å². The highest BCUT2D eigenvalue weighted by Gasteiger charge is 2.49. The van der Waals surface area contributed by atoms with Crippen molar-refractivity contribution < 1.29 is 31.4 Å². The highest BCUT2D eigenvalue weighted by molar-refractivity contribution is 5.97. The zero-order chi connectivity index (χ0) is 31.8. The molecule has 3 saturated heterocycles. The lowest BCUT2D eigenvalue weighted by atomic mass is 9.95. The van der Waals surface area contributed by atoms with Crippen molar-refractivity contribution in [2.75, 3.05) is 43.4 Å². The molecule has 2 aromatic heterocycles. The van der Waals surface area contributed by atoms with E-state index in [0.29, 0.717) is 31.9 Å². The van der Waals surface area contributed by atoms with Crippen molar-refractivity contribution in [1.82, 2.24) is 25.2 Å². The zero-order valence-corrected chi connectivity index (χ0v) is 25.3. The Labute approximate surface area is 257 Å². The van der Waals surface area contributed by atoms with Crippen LogP contribution in [0, 0.1) is 18.6 Å². The van der Waals surface area contributed by atoms with Crippen LogP contribution in [0.3, 0.4) is 0 Å². The number of alkyl halides is 3. The molecule has 0 bridgehead atoms. The van der Waals surface area contributed by atoms with E-state index >= 15 is 4.39 Å². The number of benzene rings is 1. The molecule has 0 saturated carbocycles. The number of nitrogens with two attached hydrogens (primary N) is 1. The van der Waals surface area contributed by atoms with Crippen molar-refractivity contribution in [2.45, 2.75) is 82.8 Å². The maximum absolute atomic E-state index is 16.7. The van der Waals surface area contributed by atoms with Crippen LogP contribution in [0.25, 0.3) is 22.2 Å². The first-order valence-electron chi connectivity index (χ1n) is 15.5. The number of anilines is 2. The fraction of sp³-hybridized carbons (Fsp3) is 0.581. The summed E-state index contributed by atoms with van der Waals surface area (Å²) in [5.41, 5.74) is 2.72. The van der Waals surface area contributed by atoms with E-state index in [-0.39, 0.29) is 47.0 Å². The van der Waals surface area contributed by atoms with E-state index in [1.54, 1.807) is 0 Å². The van der Waals surface area contributed by atoms with Crippen LogP contribution in [0.15, 0.2) is 6.07 Å². The van der Waals surface area contributed by atoms with Crippen molar-refractivity contribution >= 4 is 22.4 Å². The Kier molecular flexibility index (Phi) is 7.42. The number of aromatic nitrogens is 3. The molecule has 45 heavy (non-hydrogen) atoms. The van der Waals surface area contributed by atoms with Crippen LogP contribution in [0.1, 0.15) is 57.1 Å². The SMILES string of the molecule is CC[C@@H]1NCCN2c3nc(OC[C@@]45CCCN4C[C@H](F)C5)nc4c(F)c(-c5cc(N)c(F)c(C)c5C(F)F)nc(c34)O[C@@H](C)[C@H]12. The number of nitrogen functional groups attached to an aromatic ring is 1. The Balaban J connectivity index is 1.43. The summed E-state index contributed by atoms with van der Waals surface area (Å²) in [7, 11) is 0. The van der Waals surface area contributed by atoms with Gasteiger partial charge in [-0.1, -0.05) is 6.92 Å². The van der Waals surface area contributed by atoms with Crippen LogP contribution in [-0.4, -0.2) is 82.5 Å². The number of ether oxygens (including phenoxy) is 2. The molecule has 0 unspecified atom stereocenters. The summed E-state index contributed by atoms with van der Waals surface area (Å²) in [5, 5.41) is 3.70. The first-order valence-corrected chi connectivity index (χ1v) is 15.5. The van der Waals surface area contributed by atoms with Gasteiger partial charge in [-0.25, -0.2) is 26.9 Å². The van der Waals surface area contributed by atoms with Gasteiger partial charge in [0.2, 0.25) is 5.88 Å². The molecule has 3 fully saturated rings. The number of rotatable bonds is 6. The second kappa shape index (κ2) is 11.1. The molecule has 6 heterocycles. The number of fused-ring (bicyclic) bond motifs is 3. The van der Waals surface area contributed by atoms with Gasteiger partial charge in [-0.2, -0.15) is 9.97 Å². The molecule has 7 rings (SSSR count). The molecule has 0 spiro atoms. The third-order valence-corrected chi connectivity index (χ3v) is 10.0. The van der Waals surface area contributed by atoms with E-state index in [9.17, 15) is 17.6 Å². The largest absolute Gasteiger partial charge is 0.472 e. The van der Waals surface area contributed by atoms with Gasteiger partial charge in [-0.15, -0.1) is 0 Å². The number of nitrogens with one attached hydrogen (secondary N) is 1. The molecule has 0 aliphatic carbocycles. The maximum atomic E-state index is 16.7. The molecular formula is C31H36F5N7O2. The Hall–Kier alpha value is -3.52. The van der Waals surface area contributed by atoms with Gasteiger partial charge in [-0.3, -0.25) is 4.90 Å². The van der Waals surface area contributed by atoms with E-state index in [1.165, 1.54) is 6.92 Å². The van der Waals surface area contributed by atoms with Crippen molar-refractivity contribution in [3.63, 3.8) is 0 Å². The summed E-state index contributed by atoms with van der Waals surface area (Å²) < 4.78 is 87.1. The third kappa shape index (κ3) is 4.74. The molecule has 4 aliphatic heterocycles. The quantitative estimate of drug-likeness (QED) is 0.284. The van der Waals surface area contributed by atoms with Gasteiger partial charge >= 0.3 is 6.01 Å². The van der Waals surface area contributed by atoms with Crippen LogP contribution < -0.4 is 25.4 Å². The summed E-state index contributed by atoms with van der Waals surface area (Å²) in [6, 6.07) is 0.612. The molecule has 9 nitrogen and oxygen atoms in total. The zero-order valence-electron chi connectivity index (χ0n) is 25.3. The molecule has 242 valence electrons. The van der Waals surface area contributed by atoms with Gasteiger partial charge in [0.05, 0.1) is 17.3 Å². The molecule has 3 N–H and O–H groups in total. The van der Waals surface area contributed by atoms with Gasteiger partial charge in [0.25, 0.3) is 6.43 Å². The molecule has 14 heteroatoms. The number of piperazine rings is 1. The van der Waals surface area contributed by atoms with Gasteiger partial charge in [0.1, 0.15) is 47.1 Å². The lowest BCUT2D eigenvalue weighted by Gasteiger charge is -2.43. The summed E-state index contributed by atoms with van der Waals surface area (Å²) in [6.07, 6.45) is -1.82. The number of halogens is 5. The summed E-state index contributed by atoms with van der Waals surface area (Å²) in [6.45, 7) is 7.46. The number of hydrogen-bond acceptors (Lipinski definition) is 9. The van der Waals surface area contributed by atoms with Crippen LogP contribution in [-0.2, 0) is 0 Å². The first-order chi connectivity index (χ1) is 21.5. The van der Waals surface area contributed by atoms with Crippen molar-refractivity contribution in [3.8, 4) is 23.1 Å². The minimum absolute atomic E-state index is 0.00217. The molecule has 4 aliphatic rings. The molecule has 3 aromatic rings. The number of nitrogens with zero attached hydrogens (tertiary/aromatic N) is 5. The van der Waals surface area contributed by atoms with Gasteiger partial charge in [0.15, 0.2) is 5.82 Å². The van der Waals surface area contributed by atoms with Gasteiger partial charge < -0.3 is 25.4 Å². The maximum Gasteiger partial charge on any atom is 0.319 e. The van der Waals surface area contributed by atoms with E-state index in [4.69, 9.17) is 20.2 Å². The normalized spacial score (nSPS) is 27.9. The van der Waals surface area contributed by atoms with Crippen LogP contribution >= 0.6 is 0 Å². The average Bonchev–Trinajstić information content (AvgIpc) is 3.50. The van der Waals surface area contributed by atoms with E-state index in [0.717, 1.165) is 31.9 Å². The van der Waals surface area contributed by atoms with Crippen molar-refractivity contribution in [2.24, 2.45) is 0 Å². The monoisotopic (exact) mass is 633 g/mol. The van der Waals surface area contributed by atoms with Gasteiger partial charge in [-0.05, 0) is 51.3 Å². The first kappa shape index (κ1) is 30.2. The lowest BCUT2D eigenvalue weighted by molar-refractivity contribution is 0.107. The fourth-order valence-electron chi connectivity index (χ4n) is 7.91. The lowest BCUT2D eigenvalue weighted by Crippen LogP contribution is -2.62. The highest BCUT2D eigenvalue weighted by atomic mass is 19.3. The second-order valence-corrected chi connectivity index (χ2v) is 12.6. The summed E-state index contributed by atoms with van der Waals surface area (Å²) in [5.74, 6) is -1.69. The Morgan fingerprint density at radius 2 is 2.00 bits per heavy atom. The summed E-state index contributed by atoms with van der Waals surface area (Å²) in [4.78, 5) is 17.8. The summed E-state index contributed by atoms with van der Waals surface area (Å²) >= 11 is 0. The molecule has 1 aromatic carbocycles. The van der Waals surface area contributed by atoms with Crippen molar-refractivity contribution in [3.05, 3.63) is 28.8 Å². The fourth-order valence-corrected chi connectivity index (χ4v) is 7.91. The molecular weight excluding hydrogens is 597 g/mol. The Morgan fingerprint density at radius 1 is 1.20 bits per heavy atom. The molecule has 0 radical (unpaired) electrons. The third-order valence-electron chi connectivity index (χ3n) is 10.0. The van der Waals surface area contributed by atoms with E-state index in [2.05, 4.69) is 20.2 Å². The molecule has 0 amide bonds. The standard InChI is InChI=1S/C31H36F5N7O2/c1-4-19-26-15(3)45-29-21-25(23(34)24(39-29)17-10-18(37)22(33)14(2)20(17)27(35)36)40-30(41-28(21)43(26)9-7-38-19)44-13-31-6-5-8-42(31)12-16(32)11-31/h10,15-16,19,26-27,38H,4-9,11-13,37H2,1-3H3/t15-,16+,19-,26+,31-/m0/s1. The van der Waals surface area contributed by atoms with Crippen molar-refractivity contribution in [1.29, 1.82) is 0 Å². The minimum atomic E-state index is -3.14. The highest BCUT2D eigenvalue weighted by Crippen LogP contribution is 2.46. The average molecular weight is 634 g/mol. The predicted molar refractivity (Wildman–Crippen MR) is 159 cm³/mol. The second-order valence-electron chi connectivity index (χ2n) is 12.6. The Morgan fingerprint density at radius 3 is 2.76 bits per heavy atom. The molecule has 5 atom stereocenters. The van der Waals surface area contributed by atoms with Gasteiger partial charge in [0, 0.05) is 43.2 Å². The van der Waals surface area contributed by atoms with Crippen LogP contribution in [0.4, 0.5) is 33.5 Å². The minimum Gasteiger partial charge on any atom is -0.472 e. The number of pyridine rings is 1. The topological polar surface area (TPSA) is 102 Å². The van der Waals surface area contributed by atoms with E-state index in [1.807, 2.05) is 18.7 Å².